The molecule has 102 valence electrons. The zero-order valence-corrected chi connectivity index (χ0v) is 11.7. The lowest BCUT2D eigenvalue weighted by Gasteiger charge is -2.20. The number of carbonyl (C=O) groups excluding carboxylic acids is 1. The molecule has 1 rings (SSSR count). The van der Waals surface area contributed by atoms with Gasteiger partial charge in [0.1, 0.15) is 0 Å². The fourth-order valence-electron chi connectivity index (χ4n) is 1.83. The Hall–Kier alpha value is -1.86. The summed E-state index contributed by atoms with van der Waals surface area (Å²) in [7, 11) is 0. The van der Waals surface area contributed by atoms with Crippen LogP contribution >= 0.6 is 0 Å². The van der Waals surface area contributed by atoms with E-state index in [-0.39, 0.29) is 18.0 Å². The lowest BCUT2D eigenvalue weighted by atomic mass is 10.0. The average molecular weight is 259 g/mol. The Bertz CT molecular complexity index is 465. The van der Waals surface area contributed by atoms with Gasteiger partial charge in [-0.3, -0.25) is 10.1 Å². The van der Waals surface area contributed by atoms with Crippen molar-refractivity contribution < 1.29 is 4.79 Å². The Morgan fingerprint density at radius 2 is 2.16 bits per heavy atom. The second kappa shape index (κ2) is 7.55. The van der Waals surface area contributed by atoms with Gasteiger partial charge in [0, 0.05) is 12.6 Å². The predicted octanol–water partition coefficient (Wildman–Crippen LogP) is 2.12. The van der Waals surface area contributed by atoms with Crippen LogP contribution in [0.5, 0.6) is 0 Å². The first-order valence-corrected chi connectivity index (χ1v) is 6.62. The molecule has 1 aromatic rings. The van der Waals surface area contributed by atoms with Crippen LogP contribution in [0.15, 0.2) is 24.3 Å². The Labute approximate surface area is 114 Å². The first kappa shape index (κ1) is 15.2. The minimum Gasteiger partial charge on any atom is -0.355 e. The summed E-state index contributed by atoms with van der Waals surface area (Å²) in [6.07, 6.45) is 0.929. The maximum Gasteiger partial charge on any atom is 0.236 e. The number of hydrogen-bond acceptors (Lipinski definition) is 3. The summed E-state index contributed by atoms with van der Waals surface area (Å²) in [6.45, 7) is 6.55. The molecule has 0 spiro atoms. The molecule has 1 aromatic carbocycles. The zero-order valence-electron chi connectivity index (χ0n) is 11.7. The molecule has 0 saturated carbocycles. The van der Waals surface area contributed by atoms with Gasteiger partial charge in [0.05, 0.1) is 17.7 Å². The van der Waals surface area contributed by atoms with E-state index in [9.17, 15) is 4.79 Å². The van der Waals surface area contributed by atoms with Gasteiger partial charge in [-0.1, -0.05) is 19.1 Å². The lowest BCUT2D eigenvalue weighted by Crippen LogP contribution is -2.43. The third-order valence-electron chi connectivity index (χ3n) is 2.96. The first-order chi connectivity index (χ1) is 9.08. The highest BCUT2D eigenvalue weighted by Gasteiger charge is 2.15. The molecule has 0 heterocycles. The smallest absolute Gasteiger partial charge is 0.236 e. The summed E-state index contributed by atoms with van der Waals surface area (Å²) in [5, 5.41) is 15.0. The fraction of sp³-hybridized carbons (Fsp3) is 0.467. The van der Waals surface area contributed by atoms with Gasteiger partial charge >= 0.3 is 0 Å². The summed E-state index contributed by atoms with van der Waals surface area (Å²) in [5.41, 5.74) is 1.64. The standard InChI is InChI=1S/C15H21N3O/c1-4-8-17-15(19)12(3)18-11(2)14-7-5-6-13(9-14)10-16/h5-7,9,11-12,18H,4,8H2,1-3H3,(H,17,19). The van der Waals surface area contributed by atoms with Crippen molar-refractivity contribution in [1.29, 1.82) is 5.26 Å². The van der Waals surface area contributed by atoms with Crippen LogP contribution in [0, 0.1) is 11.3 Å². The van der Waals surface area contributed by atoms with Crippen molar-refractivity contribution in [1.82, 2.24) is 10.6 Å². The Kier molecular flexibility index (Phi) is 6.04. The minimum absolute atomic E-state index is 0.00476. The van der Waals surface area contributed by atoms with Crippen LogP contribution in [-0.4, -0.2) is 18.5 Å². The highest BCUT2D eigenvalue weighted by atomic mass is 16.2. The number of carbonyl (C=O) groups is 1. The summed E-state index contributed by atoms with van der Waals surface area (Å²) in [5.74, 6) is 0.00476. The number of rotatable bonds is 6. The van der Waals surface area contributed by atoms with E-state index in [0.717, 1.165) is 12.0 Å². The Morgan fingerprint density at radius 3 is 2.79 bits per heavy atom. The summed E-state index contributed by atoms with van der Waals surface area (Å²) in [4.78, 5) is 11.8. The van der Waals surface area contributed by atoms with Crippen LogP contribution in [0.2, 0.25) is 0 Å². The molecule has 4 nitrogen and oxygen atoms in total. The predicted molar refractivity (Wildman–Crippen MR) is 75.5 cm³/mol. The molecule has 0 aliphatic rings. The number of nitriles is 1. The molecular weight excluding hydrogens is 238 g/mol. The summed E-state index contributed by atoms with van der Waals surface area (Å²) in [6, 6.07) is 9.31. The summed E-state index contributed by atoms with van der Waals surface area (Å²) >= 11 is 0. The van der Waals surface area contributed by atoms with E-state index in [2.05, 4.69) is 16.7 Å². The van der Waals surface area contributed by atoms with Crippen molar-refractivity contribution in [3.05, 3.63) is 35.4 Å². The lowest BCUT2D eigenvalue weighted by molar-refractivity contribution is -0.122. The summed E-state index contributed by atoms with van der Waals surface area (Å²) < 4.78 is 0. The van der Waals surface area contributed by atoms with Crippen LogP contribution < -0.4 is 10.6 Å². The fourth-order valence-corrected chi connectivity index (χ4v) is 1.83. The maximum absolute atomic E-state index is 11.8. The van der Waals surface area contributed by atoms with E-state index in [1.54, 1.807) is 6.07 Å². The molecule has 0 aliphatic carbocycles. The van der Waals surface area contributed by atoms with E-state index < -0.39 is 0 Å². The Balaban J connectivity index is 2.61. The van der Waals surface area contributed by atoms with Crippen molar-refractivity contribution >= 4 is 5.91 Å². The maximum atomic E-state index is 11.8. The highest BCUT2D eigenvalue weighted by molar-refractivity contribution is 5.81. The molecule has 0 bridgehead atoms. The van der Waals surface area contributed by atoms with Crippen LogP contribution in [0.3, 0.4) is 0 Å². The molecule has 2 unspecified atom stereocenters. The minimum atomic E-state index is -0.257. The zero-order chi connectivity index (χ0) is 14.3. The number of hydrogen-bond donors (Lipinski definition) is 2. The van der Waals surface area contributed by atoms with Crippen molar-refractivity contribution in [3.8, 4) is 6.07 Å². The molecule has 0 aromatic heterocycles. The largest absolute Gasteiger partial charge is 0.355 e. The molecule has 2 N–H and O–H groups in total. The van der Waals surface area contributed by atoms with Crippen molar-refractivity contribution in [2.45, 2.75) is 39.3 Å². The molecule has 4 heteroatoms. The molecule has 1 amide bonds. The van der Waals surface area contributed by atoms with E-state index in [1.807, 2.05) is 39.0 Å². The first-order valence-electron chi connectivity index (χ1n) is 6.62. The van der Waals surface area contributed by atoms with Crippen molar-refractivity contribution in [2.24, 2.45) is 0 Å². The van der Waals surface area contributed by atoms with Gasteiger partial charge in [-0.15, -0.1) is 0 Å². The van der Waals surface area contributed by atoms with Crippen molar-refractivity contribution in [2.75, 3.05) is 6.54 Å². The van der Waals surface area contributed by atoms with Gasteiger partial charge in [-0.25, -0.2) is 0 Å². The third-order valence-corrected chi connectivity index (χ3v) is 2.96. The highest BCUT2D eigenvalue weighted by Crippen LogP contribution is 2.14. The second-order valence-electron chi connectivity index (χ2n) is 4.64. The monoisotopic (exact) mass is 259 g/mol. The molecule has 0 radical (unpaired) electrons. The Morgan fingerprint density at radius 1 is 1.42 bits per heavy atom. The normalized spacial score (nSPS) is 13.4. The number of nitrogens with zero attached hydrogens (tertiary/aromatic N) is 1. The van der Waals surface area contributed by atoms with Crippen LogP contribution in [-0.2, 0) is 4.79 Å². The molecule has 19 heavy (non-hydrogen) atoms. The molecule has 2 atom stereocenters. The van der Waals surface area contributed by atoms with E-state index in [1.165, 1.54) is 0 Å². The average Bonchev–Trinajstić information content (AvgIpc) is 2.44. The van der Waals surface area contributed by atoms with Crippen molar-refractivity contribution in [3.63, 3.8) is 0 Å². The number of nitrogens with one attached hydrogen (secondary N) is 2. The van der Waals surface area contributed by atoms with Gasteiger partial charge in [0.2, 0.25) is 5.91 Å². The van der Waals surface area contributed by atoms with Gasteiger partial charge in [-0.05, 0) is 38.0 Å². The molecule has 0 aliphatic heterocycles. The van der Waals surface area contributed by atoms with Gasteiger partial charge in [0.25, 0.3) is 0 Å². The van der Waals surface area contributed by atoms with E-state index >= 15 is 0 Å². The van der Waals surface area contributed by atoms with Gasteiger partial charge in [0.15, 0.2) is 0 Å². The third kappa shape index (κ3) is 4.72. The number of amides is 1. The van der Waals surface area contributed by atoms with Crippen LogP contribution in [0.25, 0.3) is 0 Å². The van der Waals surface area contributed by atoms with Gasteiger partial charge < -0.3 is 5.32 Å². The van der Waals surface area contributed by atoms with E-state index in [4.69, 9.17) is 5.26 Å². The topological polar surface area (TPSA) is 64.9 Å². The molecule has 0 fully saturated rings. The van der Waals surface area contributed by atoms with Gasteiger partial charge in [-0.2, -0.15) is 5.26 Å². The quantitative estimate of drug-likeness (QED) is 0.822. The van der Waals surface area contributed by atoms with Crippen LogP contribution in [0.4, 0.5) is 0 Å². The second-order valence-corrected chi connectivity index (χ2v) is 4.64. The molecular formula is C15H21N3O. The number of benzene rings is 1. The SMILES string of the molecule is CCCNC(=O)C(C)NC(C)c1cccc(C#N)c1. The molecule has 0 saturated heterocycles. The van der Waals surface area contributed by atoms with E-state index in [0.29, 0.717) is 12.1 Å². The van der Waals surface area contributed by atoms with Crippen LogP contribution in [0.1, 0.15) is 44.4 Å².